The van der Waals surface area contributed by atoms with Crippen LogP contribution < -0.4 is 10.1 Å². The number of halogens is 1. The SMILES string of the molecule is CC(C)Oc1ccc(-c2nc(Nc3ccc4[nH]ncc4c3Cl)n(C)n2)cn1. The van der Waals surface area contributed by atoms with Crippen molar-refractivity contribution in [1.29, 1.82) is 0 Å². The first kappa shape index (κ1) is 17.3. The molecule has 0 aliphatic heterocycles. The van der Waals surface area contributed by atoms with E-state index < -0.39 is 0 Å². The number of pyridine rings is 1. The maximum Gasteiger partial charge on any atom is 0.225 e. The Balaban J connectivity index is 1.60. The van der Waals surface area contributed by atoms with Crippen molar-refractivity contribution in [1.82, 2.24) is 29.9 Å². The monoisotopic (exact) mass is 383 g/mol. The maximum atomic E-state index is 6.46. The first-order valence-electron chi connectivity index (χ1n) is 8.44. The molecule has 0 fully saturated rings. The molecule has 0 unspecified atom stereocenters. The topological polar surface area (TPSA) is 93.5 Å². The van der Waals surface area contributed by atoms with Crippen molar-refractivity contribution in [2.24, 2.45) is 7.05 Å². The van der Waals surface area contributed by atoms with Crippen molar-refractivity contribution in [3.05, 3.63) is 41.7 Å². The Kier molecular flexibility index (Phi) is 4.41. The number of aromatic amines is 1. The van der Waals surface area contributed by atoms with Crippen LogP contribution in [0.5, 0.6) is 5.88 Å². The third-order valence-electron chi connectivity index (χ3n) is 3.92. The van der Waals surface area contributed by atoms with Gasteiger partial charge in [-0.25, -0.2) is 9.67 Å². The summed E-state index contributed by atoms with van der Waals surface area (Å²) < 4.78 is 7.22. The largest absolute Gasteiger partial charge is 0.475 e. The molecule has 2 N–H and O–H groups in total. The number of hydrogen-bond acceptors (Lipinski definition) is 6. The number of aromatic nitrogens is 6. The van der Waals surface area contributed by atoms with E-state index in [0.29, 0.717) is 22.7 Å². The number of ether oxygens (including phenoxy) is 1. The van der Waals surface area contributed by atoms with Gasteiger partial charge in [-0.15, -0.1) is 5.10 Å². The van der Waals surface area contributed by atoms with E-state index in [1.807, 2.05) is 45.2 Å². The molecule has 0 spiro atoms. The molecule has 8 nitrogen and oxygen atoms in total. The molecular weight excluding hydrogens is 366 g/mol. The fraction of sp³-hybridized carbons (Fsp3) is 0.222. The van der Waals surface area contributed by atoms with Gasteiger partial charge in [0.1, 0.15) is 0 Å². The molecule has 0 amide bonds. The minimum absolute atomic E-state index is 0.0736. The Hall–Kier alpha value is -3.13. The molecule has 0 aliphatic rings. The zero-order valence-electron chi connectivity index (χ0n) is 15.1. The fourth-order valence-corrected chi connectivity index (χ4v) is 2.90. The number of anilines is 2. The van der Waals surface area contributed by atoms with Crippen molar-refractivity contribution < 1.29 is 4.74 Å². The van der Waals surface area contributed by atoms with Crippen LogP contribution in [0, 0.1) is 0 Å². The molecule has 0 atom stereocenters. The average molecular weight is 384 g/mol. The second-order valence-electron chi connectivity index (χ2n) is 6.32. The molecule has 1 aromatic carbocycles. The van der Waals surface area contributed by atoms with Crippen LogP contribution in [-0.2, 0) is 7.05 Å². The summed E-state index contributed by atoms with van der Waals surface area (Å²) in [4.78, 5) is 8.85. The third kappa shape index (κ3) is 3.43. The van der Waals surface area contributed by atoms with Crippen molar-refractivity contribution in [2.45, 2.75) is 20.0 Å². The zero-order chi connectivity index (χ0) is 19.0. The van der Waals surface area contributed by atoms with Crippen LogP contribution in [0.1, 0.15) is 13.8 Å². The van der Waals surface area contributed by atoms with Crippen LogP contribution in [0.4, 0.5) is 11.6 Å². The number of H-pyrrole nitrogens is 1. The number of nitrogens with one attached hydrogen (secondary N) is 2. The quantitative estimate of drug-likeness (QED) is 0.542. The molecule has 3 heterocycles. The van der Waals surface area contributed by atoms with E-state index in [4.69, 9.17) is 16.3 Å². The normalized spacial score (nSPS) is 11.3. The van der Waals surface area contributed by atoms with Gasteiger partial charge in [0, 0.05) is 30.3 Å². The lowest BCUT2D eigenvalue weighted by molar-refractivity contribution is 0.232. The highest BCUT2D eigenvalue weighted by Crippen LogP contribution is 2.32. The first-order chi connectivity index (χ1) is 13.0. The maximum absolute atomic E-state index is 6.46. The van der Waals surface area contributed by atoms with E-state index in [0.717, 1.165) is 22.2 Å². The molecule has 4 aromatic rings. The molecule has 0 saturated carbocycles. The number of nitrogens with zero attached hydrogens (tertiary/aromatic N) is 5. The van der Waals surface area contributed by atoms with Crippen molar-refractivity contribution in [2.75, 3.05) is 5.32 Å². The van der Waals surface area contributed by atoms with Gasteiger partial charge in [0.2, 0.25) is 11.8 Å². The first-order valence-corrected chi connectivity index (χ1v) is 8.82. The second kappa shape index (κ2) is 6.88. The molecule has 3 aromatic heterocycles. The van der Waals surface area contributed by atoms with E-state index in [1.54, 1.807) is 17.1 Å². The number of fused-ring (bicyclic) bond motifs is 1. The standard InChI is InChI=1S/C18H18ClN7O/c1-10(2)27-15-7-4-11(8-20-15)17-23-18(26(3)25-17)22-14-6-5-13-12(16(14)19)9-21-24-13/h4-10H,1-3H3,(H,21,24)(H,22,23,25). The molecule has 27 heavy (non-hydrogen) atoms. The predicted octanol–water partition coefficient (Wildman–Crippen LogP) is 3.94. The molecule has 138 valence electrons. The summed E-state index contributed by atoms with van der Waals surface area (Å²) in [6.45, 7) is 3.92. The highest BCUT2D eigenvalue weighted by atomic mass is 35.5. The molecular formula is C18H18ClN7O. The van der Waals surface area contributed by atoms with Gasteiger partial charge >= 0.3 is 0 Å². The molecule has 0 radical (unpaired) electrons. The Labute approximate surface area is 160 Å². The smallest absolute Gasteiger partial charge is 0.225 e. The minimum Gasteiger partial charge on any atom is -0.475 e. The summed E-state index contributed by atoms with van der Waals surface area (Å²) >= 11 is 6.46. The molecule has 0 saturated heterocycles. The lowest BCUT2D eigenvalue weighted by Crippen LogP contribution is -2.06. The number of hydrogen-bond donors (Lipinski definition) is 2. The third-order valence-corrected chi connectivity index (χ3v) is 4.33. The van der Waals surface area contributed by atoms with Crippen LogP contribution in [0.3, 0.4) is 0 Å². The number of aryl methyl sites for hydroxylation is 1. The van der Waals surface area contributed by atoms with Crippen molar-refractivity contribution in [3.63, 3.8) is 0 Å². The van der Waals surface area contributed by atoms with E-state index in [2.05, 4.69) is 30.6 Å². The van der Waals surface area contributed by atoms with Gasteiger partial charge in [-0.1, -0.05) is 11.6 Å². The van der Waals surface area contributed by atoms with E-state index in [1.165, 1.54) is 0 Å². The molecule has 0 aliphatic carbocycles. The van der Waals surface area contributed by atoms with E-state index in [-0.39, 0.29) is 6.10 Å². The van der Waals surface area contributed by atoms with Crippen LogP contribution >= 0.6 is 11.6 Å². The Morgan fingerprint density at radius 3 is 2.78 bits per heavy atom. The van der Waals surface area contributed by atoms with Crippen LogP contribution in [-0.4, -0.2) is 36.0 Å². The van der Waals surface area contributed by atoms with Crippen LogP contribution in [0.2, 0.25) is 5.02 Å². The molecule has 4 rings (SSSR count). The number of rotatable bonds is 5. The summed E-state index contributed by atoms with van der Waals surface area (Å²) in [5.74, 6) is 1.70. The van der Waals surface area contributed by atoms with Gasteiger partial charge in [0.05, 0.1) is 28.5 Å². The summed E-state index contributed by atoms with van der Waals surface area (Å²) in [6.07, 6.45) is 3.46. The predicted molar refractivity (Wildman–Crippen MR) is 104 cm³/mol. The lowest BCUT2D eigenvalue weighted by Gasteiger charge is -2.08. The summed E-state index contributed by atoms with van der Waals surface area (Å²) in [5, 5.41) is 16.0. The minimum atomic E-state index is 0.0736. The van der Waals surface area contributed by atoms with Crippen molar-refractivity contribution >= 4 is 34.1 Å². The summed E-state index contributed by atoms with van der Waals surface area (Å²) in [7, 11) is 1.81. The highest BCUT2D eigenvalue weighted by molar-refractivity contribution is 6.38. The number of benzene rings is 1. The van der Waals surface area contributed by atoms with E-state index in [9.17, 15) is 0 Å². The van der Waals surface area contributed by atoms with Gasteiger partial charge in [-0.05, 0) is 32.0 Å². The van der Waals surface area contributed by atoms with Gasteiger partial charge in [-0.3, -0.25) is 5.10 Å². The summed E-state index contributed by atoms with van der Waals surface area (Å²) in [5.41, 5.74) is 2.40. The van der Waals surface area contributed by atoms with Gasteiger partial charge in [0.25, 0.3) is 0 Å². The van der Waals surface area contributed by atoms with Gasteiger partial charge < -0.3 is 10.1 Å². The Morgan fingerprint density at radius 2 is 2.04 bits per heavy atom. The van der Waals surface area contributed by atoms with Gasteiger partial charge in [0.15, 0.2) is 5.82 Å². The van der Waals surface area contributed by atoms with E-state index >= 15 is 0 Å². The molecule has 0 bridgehead atoms. The lowest BCUT2D eigenvalue weighted by atomic mass is 10.2. The molecule has 9 heteroatoms. The van der Waals surface area contributed by atoms with Crippen LogP contribution in [0.25, 0.3) is 22.3 Å². The fourth-order valence-electron chi connectivity index (χ4n) is 2.64. The van der Waals surface area contributed by atoms with Crippen LogP contribution in [0.15, 0.2) is 36.7 Å². The average Bonchev–Trinajstić information content (AvgIpc) is 3.25. The summed E-state index contributed by atoms with van der Waals surface area (Å²) in [6, 6.07) is 7.47. The Bertz CT molecular complexity index is 1080. The zero-order valence-corrected chi connectivity index (χ0v) is 15.8. The second-order valence-corrected chi connectivity index (χ2v) is 6.70. The Morgan fingerprint density at radius 1 is 1.19 bits per heavy atom. The van der Waals surface area contributed by atoms with Crippen molar-refractivity contribution in [3.8, 4) is 17.3 Å². The highest BCUT2D eigenvalue weighted by Gasteiger charge is 2.13. The van der Waals surface area contributed by atoms with Gasteiger partial charge in [-0.2, -0.15) is 10.1 Å².